The molecule has 68 heavy (non-hydrogen) atoms. The van der Waals surface area contributed by atoms with E-state index in [1.165, 1.54) is 0 Å². The molecule has 4 aromatic carbocycles. The Labute approximate surface area is 409 Å². The van der Waals surface area contributed by atoms with Crippen LogP contribution in [0.5, 0.6) is 23.0 Å². The van der Waals surface area contributed by atoms with Crippen molar-refractivity contribution in [3.8, 4) is 67.5 Å². The quantitative estimate of drug-likeness (QED) is 0.0710. The fourth-order valence-corrected chi connectivity index (χ4v) is 11.2. The molecule has 0 unspecified atom stereocenters. The molecule has 2 aliphatic rings. The van der Waals surface area contributed by atoms with Crippen LogP contribution in [0.2, 0.25) is 0 Å². The number of nitrogens with zero attached hydrogens (tertiary/aromatic N) is 2. The van der Waals surface area contributed by atoms with Gasteiger partial charge in [0, 0.05) is 22.3 Å². The molecule has 2 aliphatic heterocycles. The molecular weight excluding hydrogens is 877 g/mol. The lowest BCUT2D eigenvalue weighted by molar-refractivity contribution is 0.268. The fraction of sp³-hybridized carbons (Fsp3) is 0.267. The molecule has 3 aromatic heterocycles. The molecule has 0 spiro atoms. The number of benzene rings is 4. The predicted octanol–water partition coefficient (Wildman–Crippen LogP) is 17.5. The minimum absolute atomic E-state index is 0.552. The molecule has 0 aliphatic carbocycles. The van der Waals surface area contributed by atoms with E-state index in [1.54, 1.807) is 22.7 Å². The highest BCUT2D eigenvalue weighted by atomic mass is 32.1. The highest BCUT2D eigenvalue weighted by Crippen LogP contribution is 2.55. The van der Waals surface area contributed by atoms with Gasteiger partial charge in [-0.15, -0.1) is 22.7 Å². The Balaban J connectivity index is 1.56. The number of rotatable bonds is 20. The number of hydrogen-bond acceptors (Lipinski definition) is 8. The van der Waals surface area contributed by atoms with Crippen LogP contribution in [0.4, 0.5) is 0 Å². The van der Waals surface area contributed by atoms with Crippen LogP contribution in [0.25, 0.3) is 87.6 Å². The van der Waals surface area contributed by atoms with E-state index in [0.29, 0.717) is 26.4 Å². The predicted molar refractivity (Wildman–Crippen MR) is 289 cm³/mol. The van der Waals surface area contributed by atoms with Crippen LogP contribution in [-0.4, -0.2) is 36.4 Å². The van der Waals surface area contributed by atoms with Gasteiger partial charge in [-0.25, -0.2) is 9.97 Å². The summed E-state index contributed by atoms with van der Waals surface area (Å²) < 4.78 is 32.0. The van der Waals surface area contributed by atoms with Gasteiger partial charge in [0.25, 0.3) is 0 Å². The van der Waals surface area contributed by atoms with Crippen LogP contribution in [-0.2, 0) is 0 Å². The Morgan fingerprint density at radius 3 is 0.750 bits per heavy atom. The van der Waals surface area contributed by atoms with E-state index < -0.39 is 0 Å². The van der Waals surface area contributed by atoms with Gasteiger partial charge in [0.2, 0.25) is 0 Å². The minimum Gasteiger partial charge on any atom is -0.488 e. The minimum atomic E-state index is 0.552. The van der Waals surface area contributed by atoms with Crippen LogP contribution in [0, 0.1) is 0 Å². The van der Waals surface area contributed by atoms with E-state index in [0.717, 1.165) is 160 Å². The lowest BCUT2D eigenvalue weighted by atomic mass is 10.0. The van der Waals surface area contributed by atoms with E-state index >= 15 is 0 Å². The molecule has 0 radical (unpaired) electrons. The summed E-state index contributed by atoms with van der Waals surface area (Å²) in [6.45, 7) is 11.0. The number of hydrogen-bond donors (Lipinski definition) is 0. The largest absolute Gasteiger partial charge is 0.488 e. The van der Waals surface area contributed by atoms with Gasteiger partial charge in [-0.05, 0) is 72.2 Å². The van der Waals surface area contributed by atoms with Crippen LogP contribution < -0.4 is 18.9 Å². The maximum Gasteiger partial charge on any atom is 0.180 e. The zero-order chi connectivity index (χ0) is 46.7. The fourth-order valence-electron chi connectivity index (χ4n) is 8.54. The van der Waals surface area contributed by atoms with Crippen LogP contribution in [0.1, 0.15) is 102 Å². The number of fused-ring (bicyclic) bond motifs is 8. The van der Waals surface area contributed by atoms with Gasteiger partial charge in [-0.3, -0.25) is 0 Å². The summed E-state index contributed by atoms with van der Waals surface area (Å²) in [5, 5.41) is 0. The third-order valence-electron chi connectivity index (χ3n) is 12.1. The first-order chi connectivity index (χ1) is 33.6. The van der Waals surface area contributed by atoms with Crippen molar-refractivity contribution in [1.82, 2.24) is 9.97 Å². The number of thiophene rings is 2. The monoisotopic (exact) mass is 936 g/mol. The van der Waals surface area contributed by atoms with Gasteiger partial charge in [0.15, 0.2) is 23.0 Å². The molecule has 8 heteroatoms. The molecule has 5 heterocycles. The van der Waals surface area contributed by atoms with Crippen molar-refractivity contribution in [2.24, 2.45) is 0 Å². The number of ether oxygens (including phenoxy) is 4. The standard InChI is InChI=1S/C60H60N2O4S2/c1-5-9-37-63-53-54(64-38-10-6-2)58-50(42-27-19-14-20-28-42)46-35-36-48(62-46)52(44-31-23-16-24-32-44)60-56(66-40-12-8-4)55(65-39-11-7-3)59(68-60)51(43-29-21-15-22-30-43)47-34-33-45(61-47)49(57(53)67-58)41-25-17-13-18-26-41/h13-36H,5-12,37-40H2,1-4H3. The Bertz CT molecular complexity index is 2650. The summed E-state index contributed by atoms with van der Waals surface area (Å²) in [5.41, 5.74) is 11.5. The number of unbranched alkanes of at least 4 members (excludes halogenated alkanes) is 4. The van der Waals surface area contributed by atoms with Gasteiger partial charge >= 0.3 is 0 Å². The van der Waals surface area contributed by atoms with E-state index in [-0.39, 0.29) is 0 Å². The van der Waals surface area contributed by atoms with Crippen molar-refractivity contribution in [2.45, 2.75) is 79.1 Å². The summed E-state index contributed by atoms with van der Waals surface area (Å²) in [5.74, 6) is 2.98. The Morgan fingerprint density at radius 1 is 0.324 bits per heavy atom. The molecule has 346 valence electrons. The Morgan fingerprint density at radius 2 is 0.544 bits per heavy atom. The molecule has 8 bridgehead atoms. The van der Waals surface area contributed by atoms with Crippen LogP contribution in [0.15, 0.2) is 121 Å². The van der Waals surface area contributed by atoms with Gasteiger partial charge < -0.3 is 18.9 Å². The van der Waals surface area contributed by atoms with Crippen molar-refractivity contribution in [3.05, 3.63) is 144 Å². The van der Waals surface area contributed by atoms with Gasteiger partial charge in [-0.1, -0.05) is 175 Å². The highest BCUT2D eigenvalue weighted by Gasteiger charge is 2.29. The maximum atomic E-state index is 7.02. The molecule has 0 N–H and O–H groups in total. The smallest absolute Gasteiger partial charge is 0.180 e. The summed E-state index contributed by atoms with van der Waals surface area (Å²) in [6.07, 6.45) is 16.3. The van der Waals surface area contributed by atoms with Gasteiger partial charge in [0.05, 0.1) is 68.0 Å². The normalized spacial score (nSPS) is 11.8. The first kappa shape index (κ1) is 46.6. The lowest BCUT2D eigenvalue weighted by Crippen LogP contribution is -2.02. The molecular formula is C60H60N2O4S2. The molecule has 0 saturated carbocycles. The second-order valence-electron chi connectivity index (χ2n) is 17.0. The van der Waals surface area contributed by atoms with E-state index in [1.807, 2.05) is 0 Å². The maximum absolute atomic E-state index is 7.02. The summed E-state index contributed by atoms with van der Waals surface area (Å²) in [7, 11) is 0. The first-order valence-corrected chi connectivity index (χ1v) is 26.1. The average Bonchev–Trinajstić information content (AvgIpc) is 4.19. The molecule has 7 aromatic rings. The van der Waals surface area contributed by atoms with Crippen LogP contribution >= 0.6 is 22.7 Å². The highest BCUT2D eigenvalue weighted by molar-refractivity contribution is 7.26. The lowest BCUT2D eigenvalue weighted by Gasteiger charge is -2.13. The summed E-state index contributed by atoms with van der Waals surface area (Å²) in [6, 6.07) is 42.5. The van der Waals surface area contributed by atoms with Crippen molar-refractivity contribution in [1.29, 1.82) is 0 Å². The number of aromatic nitrogens is 2. The van der Waals surface area contributed by atoms with Crippen molar-refractivity contribution >= 4 is 65.8 Å². The molecule has 0 atom stereocenters. The van der Waals surface area contributed by atoms with Gasteiger partial charge in [-0.2, -0.15) is 0 Å². The Kier molecular flexibility index (Phi) is 15.5. The molecule has 6 nitrogen and oxygen atoms in total. The molecule has 0 fully saturated rings. The van der Waals surface area contributed by atoms with Crippen molar-refractivity contribution in [3.63, 3.8) is 0 Å². The van der Waals surface area contributed by atoms with Crippen molar-refractivity contribution in [2.75, 3.05) is 26.4 Å². The molecule has 9 rings (SSSR count). The zero-order valence-corrected chi connectivity index (χ0v) is 41.3. The summed E-state index contributed by atoms with van der Waals surface area (Å²) >= 11 is 3.40. The molecule has 0 amide bonds. The SMILES string of the molecule is CCCCOc1c(OCCCC)c2sc1c(-c1ccccc1)c1nc(c(-c3ccccc3)c3sc(c(OCCCC)c3OCCCC)c(-c3ccccc3)c3nc(c2-c2ccccc2)C=C3)C=C1. The van der Waals surface area contributed by atoms with E-state index in [2.05, 4.69) is 173 Å². The third-order valence-corrected chi connectivity index (χ3v) is 14.5. The molecule has 0 saturated heterocycles. The van der Waals surface area contributed by atoms with Crippen molar-refractivity contribution < 1.29 is 18.9 Å². The zero-order valence-electron chi connectivity index (χ0n) is 39.7. The second kappa shape index (κ2) is 22.5. The van der Waals surface area contributed by atoms with Crippen LogP contribution in [0.3, 0.4) is 0 Å². The average molecular weight is 937 g/mol. The first-order valence-electron chi connectivity index (χ1n) is 24.5. The third kappa shape index (κ3) is 9.90. The topological polar surface area (TPSA) is 62.7 Å². The van der Waals surface area contributed by atoms with Gasteiger partial charge in [0.1, 0.15) is 0 Å². The van der Waals surface area contributed by atoms with E-state index in [9.17, 15) is 0 Å². The summed E-state index contributed by atoms with van der Waals surface area (Å²) in [4.78, 5) is 11.4. The Hall–Kier alpha value is -6.48. The van der Waals surface area contributed by atoms with E-state index in [4.69, 9.17) is 28.9 Å². The second-order valence-corrected chi connectivity index (χ2v) is 19.1.